The highest BCUT2D eigenvalue weighted by Gasteiger charge is 2.54. The number of imidazole rings is 1. The van der Waals surface area contributed by atoms with Gasteiger partial charge in [0, 0.05) is 30.5 Å². The van der Waals surface area contributed by atoms with Crippen molar-refractivity contribution < 1.29 is 26.2 Å². The fourth-order valence-electron chi connectivity index (χ4n) is 4.30. The molecule has 5 rings (SSSR count). The Morgan fingerprint density at radius 1 is 1.22 bits per heavy atom. The molecule has 0 fully saturated rings. The highest BCUT2D eigenvalue weighted by Crippen LogP contribution is 2.72. The zero-order valence-electron chi connectivity index (χ0n) is 19.5. The number of rotatable bonds is 6. The summed E-state index contributed by atoms with van der Waals surface area (Å²) in [5.74, 6) is -0.681. The quantitative estimate of drug-likeness (QED) is 0.262. The van der Waals surface area contributed by atoms with E-state index in [0.717, 1.165) is 11.3 Å². The van der Waals surface area contributed by atoms with E-state index >= 15 is 8.78 Å². The SMILES string of the molecule is CC1c2ccccc2C(F)(F)P1c1cc(-n2cnc3ccc(OS(=O)(=O)C(C)C)cc32)sc1C(N)=O. The van der Waals surface area contributed by atoms with Crippen LogP contribution in [0.5, 0.6) is 5.75 Å². The molecule has 2 aromatic heterocycles. The highest BCUT2D eigenvalue weighted by molar-refractivity contribution is 7.87. The summed E-state index contributed by atoms with van der Waals surface area (Å²) < 4.78 is 62.6. The summed E-state index contributed by atoms with van der Waals surface area (Å²) in [6.45, 7) is 4.77. The van der Waals surface area contributed by atoms with Gasteiger partial charge in [0.25, 0.3) is 11.6 Å². The van der Waals surface area contributed by atoms with Crippen molar-refractivity contribution in [3.05, 3.63) is 70.9 Å². The van der Waals surface area contributed by atoms with Gasteiger partial charge in [-0.3, -0.25) is 9.36 Å². The van der Waals surface area contributed by atoms with E-state index in [1.54, 1.807) is 41.8 Å². The van der Waals surface area contributed by atoms with Gasteiger partial charge in [-0.05, 0) is 37.6 Å². The largest absolute Gasteiger partial charge is 0.382 e. The van der Waals surface area contributed by atoms with Crippen LogP contribution in [0.2, 0.25) is 0 Å². The van der Waals surface area contributed by atoms with Crippen LogP contribution in [0.4, 0.5) is 8.78 Å². The lowest BCUT2D eigenvalue weighted by Crippen LogP contribution is -2.22. The van der Waals surface area contributed by atoms with Gasteiger partial charge in [0.15, 0.2) is 0 Å². The molecule has 0 aliphatic carbocycles. The van der Waals surface area contributed by atoms with Crippen molar-refractivity contribution in [1.82, 2.24) is 9.55 Å². The molecule has 3 heterocycles. The molecule has 12 heteroatoms. The number of hydrogen-bond donors (Lipinski definition) is 1. The molecule has 0 saturated carbocycles. The maximum absolute atomic E-state index is 15.7. The number of fused-ring (bicyclic) bond motifs is 2. The molecule has 0 radical (unpaired) electrons. The molecule has 2 unspecified atom stereocenters. The van der Waals surface area contributed by atoms with E-state index < -0.39 is 40.5 Å². The summed E-state index contributed by atoms with van der Waals surface area (Å²) in [4.78, 5) is 16.8. The van der Waals surface area contributed by atoms with E-state index in [9.17, 15) is 13.2 Å². The fraction of sp³-hybridized carbons (Fsp3) is 0.250. The first-order valence-corrected chi connectivity index (χ1v) is 14.7. The van der Waals surface area contributed by atoms with E-state index in [2.05, 4.69) is 4.98 Å². The average Bonchev–Trinajstić information content (AvgIpc) is 3.47. The molecule has 1 aliphatic heterocycles. The molecule has 7 nitrogen and oxygen atoms in total. The van der Waals surface area contributed by atoms with Crippen molar-refractivity contribution in [2.45, 2.75) is 37.3 Å². The van der Waals surface area contributed by atoms with Crippen molar-refractivity contribution in [3.63, 3.8) is 0 Å². The predicted molar refractivity (Wildman–Crippen MR) is 137 cm³/mol. The van der Waals surface area contributed by atoms with Crippen LogP contribution >= 0.6 is 19.3 Å². The fourth-order valence-corrected chi connectivity index (χ4v) is 9.04. The van der Waals surface area contributed by atoms with E-state index in [4.69, 9.17) is 9.92 Å². The summed E-state index contributed by atoms with van der Waals surface area (Å²) in [6.07, 6.45) is 1.49. The second kappa shape index (κ2) is 8.61. The van der Waals surface area contributed by atoms with Crippen LogP contribution in [0.1, 0.15) is 47.2 Å². The number of nitrogens with zero attached hydrogens (tertiary/aromatic N) is 2. The van der Waals surface area contributed by atoms with Gasteiger partial charge in [-0.15, -0.1) is 11.3 Å². The number of hydrogen-bond acceptors (Lipinski definition) is 6. The third kappa shape index (κ3) is 3.90. The minimum Gasteiger partial charge on any atom is -0.382 e. The number of alkyl halides is 2. The van der Waals surface area contributed by atoms with Crippen LogP contribution in [0.25, 0.3) is 16.0 Å². The number of carbonyl (C=O) groups is 1. The summed E-state index contributed by atoms with van der Waals surface area (Å²) in [5.41, 5.74) is 3.63. The van der Waals surface area contributed by atoms with Crippen molar-refractivity contribution in [2.75, 3.05) is 0 Å². The van der Waals surface area contributed by atoms with Crippen LogP contribution in [-0.4, -0.2) is 29.1 Å². The van der Waals surface area contributed by atoms with E-state index in [1.165, 1.54) is 38.4 Å². The lowest BCUT2D eigenvalue weighted by atomic mass is 10.1. The summed E-state index contributed by atoms with van der Waals surface area (Å²) in [7, 11) is -5.94. The number of benzene rings is 2. The summed E-state index contributed by atoms with van der Waals surface area (Å²) in [5, 5.41) is -0.0351. The molecule has 4 aromatic rings. The Labute approximate surface area is 211 Å². The molecule has 0 bridgehead atoms. The second-order valence-electron chi connectivity index (χ2n) is 8.73. The van der Waals surface area contributed by atoms with Crippen molar-refractivity contribution in [1.29, 1.82) is 0 Å². The number of amides is 1. The topological polar surface area (TPSA) is 104 Å². The standard InChI is InChI=1S/C24H22F2N3O4PS2/c1-13(2)36(31,32)33-15-8-9-18-19(10-15)29(12-28-18)21-11-20(22(35-21)23(27)30)34-14(3)16-6-4-5-7-17(16)24(34,25)26/h4-14H,1-3H3,(H2,27,30). The van der Waals surface area contributed by atoms with Crippen molar-refractivity contribution in [2.24, 2.45) is 5.73 Å². The Kier molecular flexibility index (Phi) is 5.93. The summed E-state index contributed by atoms with van der Waals surface area (Å²) in [6, 6.07) is 12.6. The van der Waals surface area contributed by atoms with Gasteiger partial charge in [-0.1, -0.05) is 31.2 Å². The van der Waals surface area contributed by atoms with Crippen molar-refractivity contribution >= 4 is 51.6 Å². The third-order valence-corrected chi connectivity index (χ3v) is 11.8. The normalized spacial score (nSPS) is 19.1. The van der Waals surface area contributed by atoms with Gasteiger partial charge in [-0.25, -0.2) is 4.98 Å². The Balaban J connectivity index is 1.62. The first kappa shape index (κ1) is 24.8. The van der Waals surface area contributed by atoms with E-state index in [0.29, 0.717) is 21.6 Å². The number of primary amides is 1. The maximum atomic E-state index is 15.7. The zero-order chi connectivity index (χ0) is 26.0. The first-order chi connectivity index (χ1) is 16.9. The molecule has 2 aromatic carbocycles. The lowest BCUT2D eigenvalue weighted by molar-refractivity contribution is 0.100. The van der Waals surface area contributed by atoms with Crippen molar-refractivity contribution in [3.8, 4) is 10.8 Å². The molecular weight excluding hydrogens is 527 g/mol. The van der Waals surface area contributed by atoms with Crippen LogP contribution in [0.3, 0.4) is 0 Å². The molecule has 2 N–H and O–H groups in total. The zero-order valence-corrected chi connectivity index (χ0v) is 22.0. The maximum Gasteiger partial charge on any atom is 0.311 e. The molecule has 1 amide bonds. The highest BCUT2D eigenvalue weighted by atomic mass is 32.2. The monoisotopic (exact) mass is 549 g/mol. The minimum absolute atomic E-state index is 0.0204. The third-order valence-electron chi connectivity index (χ3n) is 6.15. The Hall–Kier alpha value is -2.88. The van der Waals surface area contributed by atoms with Gasteiger partial charge in [0.1, 0.15) is 22.0 Å². The number of carbonyl (C=O) groups excluding carboxylic acids is 1. The van der Waals surface area contributed by atoms with E-state index in [-0.39, 0.29) is 21.5 Å². The van der Waals surface area contributed by atoms with Crippen LogP contribution in [0.15, 0.2) is 54.9 Å². The molecule has 2 atom stereocenters. The summed E-state index contributed by atoms with van der Waals surface area (Å²) >= 11 is 1.00. The molecule has 36 heavy (non-hydrogen) atoms. The number of thiophene rings is 1. The van der Waals surface area contributed by atoms with Gasteiger partial charge in [-0.2, -0.15) is 17.2 Å². The van der Waals surface area contributed by atoms with E-state index in [1.807, 2.05) is 0 Å². The number of nitrogens with two attached hydrogens (primary N) is 1. The molecule has 1 aliphatic rings. The lowest BCUT2D eigenvalue weighted by Gasteiger charge is -2.23. The van der Waals surface area contributed by atoms with Gasteiger partial charge in [0.2, 0.25) is 0 Å². The Morgan fingerprint density at radius 3 is 2.61 bits per heavy atom. The van der Waals surface area contributed by atoms with Crippen LogP contribution in [0, 0.1) is 0 Å². The number of aromatic nitrogens is 2. The van der Waals surface area contributed by atoms with Gasteiger partial charge >= 0.3 is 10.1 Å². The molecule has 0 saturated heterocycles. The van der Waals surface area contributed by atoms with Crippen LogP contribution in [-0.2, 0) is 15.8 Å². The molecular formula is C24H22F2N3O4PS2. The predicted octanol–water partition coefficient (Wildman–Crippen LogP) is 5.23. The Bertz CT molecular complexity index is 1610. The number of halogens is 2. The smallest absolute Gasteiger partial charge is 0.311 e. The molecule has 0 spiro atoms. The molecule has 188 valence electrons. The Morgan fingerprint density at radius 2 is 1.94 bits per heavy atom. The van der Waals surface area contributed by atoms with Gasteiger partial charge in [0.05, 0.1) is 16.3 Å². The minimum atomic E-state index is -3.82. The second-order valence-corrected chi connectivity index (χ2v) is 14.4. The first-order valence-electron chi connectivity index (χ1n) is 11.0. The van der Waals surface area contributed by atoms with Gasteiger partial charge < -0.3 is 9.92 Å². The van der Waals surface area contributed by atoms with Crippen LogP contribution < -0.4 is 15.2 Å². The average molecular weight is 550 g/mol.